The minimum absolute atomic E-state index is 0.187. The molecule has 1 amide bonds. The van der Waals surface area contributed by atoms with Gasteiger partial charge in [0.25, 0.3) is 0 Å². The van der Waals surface area contributed by atoms with E-state index in [4.69, 9.17) is 0 Å². The van der Waals surface area contributed by atoms with Gasteiger partial charge in [-0.3, -0.25) is 9.59 Å². The molecule has 2 aliphatic rings. The molecule has 1 saturated carbocycles. The van der Waals surface area contributed by atoms with Gasteiger partial charge in [-0.1, -0.05) is 62.9 Å². The Kier molecular flexibility index (Phi) is 5.61. The molecule has 1 fully saturated rings. The Labute approximate surface area is 167 Å². The Morgan fingerprint density at radius 3 is 2.43 bits per heavy atom. The van der Waals surface area contributed by atoms with Crippen LogP contribution in [-0.4, -0.2) is 18.2 Å². The Hall–Kier alpha value is -2.42. The van der Waals surface area contributed by atoms with Crippen LogP contribution in [0.25, 0.3) is 11.1 Å². The van der Waals surface area contributed by atoms with Crippen LogP contribution in [0.2, 0.25) is 0 Å². The molecule has 3 heteroatoms. The lowest BCUT2D eigenvalue weighted by molar-refractivity contribution is -0.118. The molecule has 0 bridgehead atoms. The number of Topliss-reactive ketones (excluding diaryl/α,β-unsaturated/α-hetero) is 1. The number of hydrogen-bond acceptors (Lipinski definition) is 2. The van der Waals surface area contributed by atoms with Crippen molar-refractivity contribution in [2.45, 2.75) is 58.3 Å². The van der Waals surface area contributed by atoms with Crippen LogP contribution in [0.4, 0.5) is 5.69 Å². The fourth-order valence-electron chi connectivity index (χ4n) is 4.66. The van der Waals surface area contributed by atoms with Gasteiger partial charge in [0.1, 0.15) is 0 Å². The van der Waals surface area contributed by atoms with E-state index in [1.165, 1.54) is 31.2 Å². The molecule has 0 spiro atoms. The summed E-state index contributed by atoms with van der Waals surface area (Å²) in [6.45, 7) is 2.69. The number of hydrogen-bond donors (Lipinski definition) is 0. The average Bonchev–Trinajstić information content (AvgIpc) is 3.41. The smallest absolute Gasteiger partial charge is 0.226 e. The maximum atomic E-state index is 12.5. The van der Waals surface area contributed by atoms with Gasteiger partial charge in [-0.25, -0.2) is 0 Å². The SMILES string of the molecule is CCC(=O)N1CCc2cc(-c3ccc(C(=O)CCC4CCCC4)cc3)ccc21. The van der Waals surface area contributed by atoms with Gasteiger partial charge in [0, 0.05) is 30.6 Å². The zero-order valence-electron chi connectivity index (χ0n) is 16.7. The van der Waals surface area contributed by atoms with Crippen LogP contribution in [0.15, 0.2) is 42.5 Å². The fraction of sp³-hybridized carbons (Fsp3) is 0.440. The second kappa shape index (κ2) is 8.30. The second-order valence-corrected chi connectivity index (χ2v) is 8.18. The van der Waals surface area contributed by atoms with Crippen molar-refractivity contribution in [2.24, 2.45) is 5.92 Å². The average molecular weight is 376 g/mol. The van der Waals surface area contributed by atoms with Crippen LogP contribution in [0, 0.1) is 5.92 Å². The lowest BCUT2D eigenvalue weighted by Gasteiger charge is -2.16. The number of carbonyl (C=O) groups is 2. The number of anilines is 1. The van der Waals surface area contributed by atoms with Crippen LogP contribution in [-0.2, 0) is 11.2 Å². The summed E-state index contributed by atoms with van der Waals surface area (Å²) in [6, 6.07) is 14.4. The van der Waals surface area contributed by atoms with Crippen molar-refractivity contribution in [3.05, 3.63) is 53.6 Å². The number of ketones is 1. The van der Waals surface area contributed by atoms with Crippen LogP contribution >= 0.6 is 0 Å². The van der Waals surface area contributed by atoms with Gasteiger partial charge >= 0.3 is 0 Å². The Morgan fingerprint density at radius 2 is 1.71 bits per heavy atom. The lowest BCUT2D eigenvalue weighted by atomic mass is 9.96. The molecule has 3 nitrogen and oxygen atoms in total. The molecule has 2 aromatic carbocycles. The molecule has 0 saturated heterocycles. The zero-order valence-corrected chi connectivity index (χ0v) is 16.7. The first-order valence-corrected chi connectivity index (χ1v) is 10.7. The van der Waals surface area contributed by atoms with E-state index in [-0.39, 0.29) is 11.7 Å². The third-order valence-corrected chi connectivity index (χ3v) is 6.37. The molecule has 4 rings (SSSR count). The van der Waals surface area contributed by atoms with Gasteiger partial charge in [0.15, 0.2) is 5.78 Å². The van der Waals surface area contributed by atoms with Crippen molar-refractivity contribution in [1.82, 2.24) is 0 Å². The van der Waals surface area contributed by atoms with Gasteiger partial charge in [0.05, 0.1) is 0 Å². The van der Waals surface area contributed by atoms with E-state index < -0.39 is 0 Å². The molecule has 0 atom stereocenters. The maximum absolute atomic E-state index is 12.5. The van der Waals surface area contributed by atoms with E-state index in [1.54, 1.807) is 0 Å². The maximum Gasteiger partial charge on any atom is 0.226 e. The van der Waals surface area contributed by atoms with Crippen molar-refractivity contribution >= 4 is 17.4 Å². The molecular weight excluding hydrogens is 346 g/mol. The van der Waals surface area contributed by atoms with Crippen LogP contribution in [0.1, 0.15) is 67.8 Å². The fourth-order valence-corrected chi connectivity index (χ4v) is 4.66. The highest BCUT2D eigenvalue weighted by Crippen LogP contribution is 2.33. The summed E-state index contributed by atoms with van der Waals surface area (Å²) in [5.74, 6) is 1.21. The van der Waals surface area contributed by atoms with Gasteiger partial charge in [-0.2, -0.15) is 0 Å². The highest BCUT2D eigenvalue weighted by atomic mass is 16.2. The van der Waals surface area contributed by atoms with Gasteiger partial charge < -0.3 is 4.90 Å². The first kappa shape index (κ1) is 18.9. The monoisotopic (exact) mass is 375 g/mol. The summed E-state index contributed by atoms with van der Waals surface area (Å²) >= 11 is 0. The molecule has 1 aliphatic heterocycles. The van der Waals surface area contributed by atoms with Gasteiger partial charge in [0.2, 0.25) is 5.91 Å². The minimum atomic E-state index is 0.187. The van der Waals surface area contributed by atoms with Crippen molar-refractivity contribution in [3.8, 4) is 11.1 Å². The van der Waals surface area contributed by atoms with Crippen molar-refractivity contribution < 1.29 is 9.59 Å². The van der Waals surface area contributed by atoms with E-state index in [0.717, 1.165) is 47.7 Å². The largest absolute Gasteiger partial charge is 0.312 e. The molecule has 146 valence electrons. The third-order valence-electron chi connectivity index (χ3n) is 6.37. The van der Waals surface area contributed by atoms with E-state index in [1.807, 2.05) is 24.0 Å². The number of carbonyl (C=O) groups excluding carboxylic acids is 2. The van der Waals surface area contributed by atoms with E-state index in [2.05, 4.69) is 30.3 Å². The molecule has 1 heterocycles. The minimum Gasteiger partial charge on any atom is -0.312 e. The highest BCUT2D eigenvalue weighted by Gasteiger charge is 2.23. The zero-order chi connectivity index (χ0) is 19.5. The summed E-state index contributed by atoms with van der Waals surface area (Å²) in [5.41, 5.74) is 5.37. The van der Waals surface area contributed by atoms with Gasteiger partial charge in [-0.15, -0.1) is 0 Å². The summed E-state index contributed by atoms with van der Waals surface area (Å²) in [7, 11) is 0. The summed E-state index contributed by atoms with van der Waals surface area (Å²) in [5, 5.41) is 0. The molecule has 2 aromatic rings. The van der Waals surface area contributed by atoms with Crippen LogP contribution in [0.3, 0.4) is 0 Å². The molecule has 0 N–H and O–H groups in total. The third kappa shape index (κ3) is 3.89. The lowest BCUT2D eigenvalue weighted by Crippen LogP contribution is -2.27. The first-order chi connectivity index (χ1) is 13.7. The van der Waals surface area contributed by atoms with E-state index >= 15 is 0 Å². The number of fused-ring (bicyclic) bond motifs is 1. The predicted octanol–water partition coefficient (Wildman–Crippen LogP) is 5.81. The molecule has 1 aliphatic carbocycles. The van der Waals surface area contributed by atoms with Crippen LogP contribution < -0.4 is 4.90 Å². The molecule has 0 aromatic heterocycles. The normalized spacial score (nSPS) is 16.4. The van der Waals surface area contributed by atoms with Gasteiger partial charge in [-0.05, 0) is 47.6 Å². The quantitative estimate of drug-likeness (QED) is 0.598. The number of nitrogens with zero attached hydrogens (tertiary/aromatic N) is 1. The molecular formula is C25H29NO2. The first-order valence-electron chi connectivity index (χ1n) is 10.7. The van der Waals surface area contributed by atoms with Crippen molar-refractivity contribution in [1.29, 1.82) is 0 Å². The van der Waals surface area contributed by atoms with Crippen molar-refractivity contribution in [2.75, 3.05) is 11.4 Å². The molecule has 0 unspecified atom stereocenters. The highest BCUT2D eigenvalue weighted by molar-refractivity contribution is 5.97. The Balaban J connectivity index is 1.44. The second-order valence-electron chi connectivity index (χ2n) is 8.18. The molecule has 0 radical (unpaired) electrons. The summed E-state index contributed by atoms with van der Waals surface area (Å²) in [6.07, 6.45) is 8.42. The summed E-state index contributed by atoms with van der Waals surface area (Å²) in [4.78, 5) is 26.5. The molecule has 28 heavy (non-hydrogen) atoms. The summed E-state index contributed by atoms with van der Waals surface area (Å²) < 4.78 is 0. The van der Waals surface area contributed by atoms with Crippen molar-refractivity contribution in [3.63, 3.8) is 0 Å². The number of benzene rings is 2. The Morgan fingerprint density at radius 1 is 1.00 bits per heavy atom. The predicted molar refractivity (Wildman–Crippen MR) is 114 cm³/mol. The standard InChI is InChI=1S/C25H29NO2/c1-2-25(28)26-16-15-22-17-21(12-13-23(22)26)19-8-10-20(11-9-19)24(27)14-7-18-5-3-4-6-18/h8-13,17-18H,2-7,14-16H2,1H3. The van der Waals surface area contributed by atoms with Crippen LogP contribution in [0.5, 0.6) is 0 Å². The topological polar surface area (TPSA) is 37.4 Å². The number of rotatable bonds is 6. The van der Waals surface area contributed by atoms with E-state index in [9.17, 15) is 9.59 Å². The Bertz CT molecular complexity index is 863. The van der Waals surface area contributed by atoms with E-state index in [0.29, 0.717) is 12.8 Å². The number of amides is 1.